The number of carbonyl (C=O) groups excluding carboxylic acids is 1. The second-order valence-electron chi connectivity index (χ2n) is 3.40. The molecule has 4 nitrogen and oxygen atoms in total. The van der Waals surface area contributed by atoms with Crippen LogP contribution in [0.1, 0.15) is 22.8 Å². The highest BCUT2D eigenvalue weighted by atomic mass is 16.5. The third-order valence-electron chi connectivity index (χ3n) is 2.00. The van der Waals surface area contributed by atoms with Crippen LogP contribution in [0.5, 0.6) is 5.75 Å². The summed E-state index contributed by atoms with van der Waals surface area (Å²) in [7, 11) is 1.25. The lowest BCUT2D eigenvalue weighted by Crippen LogP contribution is -2.07. The van der Waals surface area contributed by atoms with Gasteiger partial charge in [0.25, 0.3) is 0 Å². The number of carbonyl (C=O) groups is 1. The fraction of sp³-hybridized carbons (Fsp3) is 0.364. The lowest BCUT2D eigenvalue weighted by molar-refractivity contribution is 0.0597. The Kier molecular flexibility index (Phi) is 3.68. The molecule has 0 saturated heterocycles. The molecule has 2 N–H and O–H groups in total. The van der Waals surface area contributed by atoms with Gasteiger partial charge in [-0.1, -0.05) is 6.07 Å². The van der Waals surface area contributed by atoms with Crippen molar-refractivity contribution in [2.75, 3.05) is 7.11 Å². The van der Waals surface area contributed by atoms with E-state index in [1.807, 2.05) is 0 Å². The molecular formula is C11H14O4. The van der Waals surface area contributed by atoms with Crippen LogP contribution in [0, 0.1) is 0 Å². The van der Waals surface area contributed by atoms with Gasteiger partial charge in [-0.15, -0.1) is 0 Å². The van der Waals surface area contributed by atoms with Crippen LogP contribution in [0.3, 0.4) is 0 Å². The van der Waals surface area contributed by atoms with Gasteiger partial charge in [0.05, 0.1) is 13.2 Å². The van der Waals surface area contributed by atoms with Crippen molar-refractivity contribution in [2.45, 2.75) is 19.4 Å². The largest absolute Gasteiger partial charge is 0.507 e. The molecule has 0 heterocycles. The number of hydrogen-bond acceptors (Lipinski definition) is 4. The Morgan fingerprint density at radius 3 is 2.73 bits per heavy atom. The van der Waals surface area contributed by atoms with Crippen LogP contribution in [0.25, 0.3) is 0 Å². The molecule has 0 unspecified atom stereocenters. The predicted molar refractivity (Wildman–Crippen MR) is 54.8 cm³/mol. The molecule has 4 heteroatoms. The van der Waals surface area contributed by atoms with E-state index < -0.39 is 12.1 Å². The minimum atomic E-state index is -0.583. The number of aliphatic hydroxyl groups excluding tert-OH is 1. The van der Waals surface area contributed by atoms with Gasteiger partial charge in [0, 0.05) is 0 Å². The molecule has 82 valence electrons. The molecule has 0 saturated carbocycles. The maximum atomic E-state index is 11.2. The number of aliphatic hydroxyl groups is 1. The monoisotopic (exact) mass is 210 g/mol. The van der Waals surface area contributed by atoms with Gasteiger partial charge < -0.3 is 14.9 Å². The molecule has 0 spiro atoms. The third kappa shape index (κ3) is 2.95. The first-order valence-corrected chi connectivity index (χ1v) is 4.63. The lowest BCUT2D eigenvalue weighted by Gasteiger charge is -2.07. The molecule has 0 bridgehead atoms. The van der Waals surface area contributed by atoms with E-state index in [1.165, 1.54) is 19.2 Å². The van der Waals surface area contributed by atoms with Gasteiger partial charge in [-0.25, -0.2) is 4.79 Å². The molecule has 1 aromatic rings. The van der Waals surface area contributed by atoms with Crippen molar-refractivity contribution in [2.24, 2.45) is 0 Å². The maximum Gasteiger partial charge on any atom is 0.341 e. The van der Waals surface area contributed by atoms with Crippen LogP contribution in [-0.4, -0.2) is 29.4 Å². The maximum absolute atomic E-state index is 11.2. The van der Waals surface area contributed by atoms with E-state index in [9.17, 15) is 15.0 Å². The Bertz CT molecular complexity index is 358. The van der Waals surface area contributed by atoms with Gasteiger partial charge in [0.15, 0.2) is 0 Å². The summed E-state index contributed by atoms with van der Waals surface area (Å²) in [5, 5.41) is 18.6. The number of esters is 1. The number of methoxy groups -OCH3 is 1. The van der Waals surface area contributed by atoms with Gasteiger partial charge in [0.2, 0.25) is 0 Å². The highest BCUT2D eigenvalue weighted by Crippen LogP contribution is 2.20. The van der Waals surface area contributed by atoms with E-state index in [1.54, 1.807) is 13.0 Å². The van der Waals surface area contributed by atoms with Crippen molar-refractivity contribution in [1.82, 2.24) is 0 Å². The van der Waals surface area contributed by atoms with Gasteiger partial charge in [-0.3, -0.25) is 0 Å². The van der Waals surface area contributed by atoms with E-state index in [0.717, 1.165) is 5.56 Å². The van der Waals surface area contributed by atoms with E-state index in [2.05, 4.69) is 4.74 Å². The van der Waals surface area contributed by atoms with Crippen molar-refractivity contribution < 1.29 is 19.7 Å². The summed E-state index contributed by atoms with van der Waals surface area (Å²) < 4.78 is 4.52. The highest BCUT2D eigenvalue weighted by Gasteiger charge is 2.12. The van der Waals surface area contributed by atoms with Crippen molar-refractivity contribution in [1.29, 1.82) is 0 Å². The summed E-state index contributed by atoms with van der Waals surface area (Å²) in [6, 6.07) is 4.60. The Morgan fingerprint density at radius 1 is 1.53 bits per heavy atom. The predicted octanol–water partition coefficient (Wildman–Crippen LogP) is 1.10. The number of benzene rings is 1. The molecule has 1 atom stereocenters. The summed E-state index contributed by atoms with van der Waals surface area (Å²) >= 11 is 0. The average molecular weight is 210 g/mol. The zero-order valence-electron chi connectivity index (χ0n) is 8.73. The Balaban J connectivity index is 3.00. The Morgan fingerprint density at radius 2 is 2.20 bits per heavy atom. The summed E-state index contributed by atoms with van der Waals surface area (Å²) in [5.41, 5.74) is 0.902. The number of phenolic OH excluding ortho intramolecular Hbond substituents is 1. The summed E-state index contributed by atoms with van der Waals surface area (Å²) in [5.74, 6) is -0.698. The van der Waals surface area contributed by atoms with Crippen molar-refractivity contribution in [3.8, 4) is 5.75 Å². The smallest absolute Gasteiger partial charge is 0.341 e. The van der Waals surface area contributed by atoms with Gasteiger partial charge in [-0.05, 0) is 31.0 Å². The summed E-state index contributed by atoms with van der Waals surface area (Å²) in [6.45, 7) is 1.66. The van der Waals surface area contributed by atoms with Crippen LogP contribution in [-0.2, 0) is 11.2 Å². The van der Waals surface area contributed by atoms with Crippen LogP contribution >= 0.6 is 0 Å². The van der Waals surface area contributed by atoms with Crippen LogP contribution < -0.4 is 0 Å². The van der Waals surface area contributed by atoms with E-state index in [0.29, 0.717) is 6.42 Å². The molecule has 0 aliphatic heterocycles. The number of phenols is 1. The first-order chi connectivity index (χ1) is 7.04. The molecule has 0 radical (unpaired) electrons. The number of rotatable bonds is 3. The average Bonchev–Trinajstić information content (AvgIpc) is 2.19. The fourth-order valence-electron chi connectivity index (χ4n) is 1.32. The number of ether oxygens (including phenoxy) is 1. The lowest BCUT2D eigenvalue weighted by atomic mass is 10.0. The molecule has 0 amide bonds. The van der Waals surface area contributed by atoms with Crippen LogP contribution in [0.15, 0.2) is 18.2 Å². The summed E-state index contributed by atoms with van der Waals surface area (Å²) in [4.78, 5) is 11.2. The molecule has 0 aliphatic carbocycles. The number of aromatic hydroxyl groups is 1. The van der Waals surface area contributed by atoms with E-state index in [4.69, 9.17) is 0 Å². The Hall–Kier alpha value is -1.55. The number of hydrogen-bond donors (Lipinski definition) is 2. The first kappa shape index (κ1) is 11.5. The Labute approximate surface area is 88.1 Å². The van der Waals surface area contributed by atoms with E-state index in [-0.39, 0.29) is 11.3 Å². The SMILES string of the molecule is COC(=O)c1cc(C[C@@H](C)O)ccc1O. The van der Waals surface area contributed by atoms with Gasteiger partial charge in [-0.2, -0.15) is 0 Å². The normalized spacial score (nSPS) is 12.2. The van der Waals surface area contributed by atoms with Gasteiger partial charge in [0.1, 0.15) is 11.3 Å². The minimum Gasteiger partial charge on any atom is -0.507 e. The van der Waals surface area contributed by atoms with Crippen molar-refractivity contribution in [3.63, 3.8) is 0 Å². The molecular weight excluding hydrogens is 196 g/mol. The molecule has 15 heavy (non-hydrogen) atoms. The minimum absolute atomic E-state index is 0.115. The zero-order valence-corrected chi connectivity index (χ0v) is 8.73. The van der Waals surface area contributed by atoms with Crippen LogP contribution in [0.4, 0.5) is 0 Å². The topological polar surface area (TPSA) is 66.8 Å². The molecule has 1 aromatic carbocycles. The van der Waals surface area contributed by atoms with Crippen LogP contribution in [0.2, 0.25) is 0 Å². The molecule has 0 aliphatic rings. The third-order valence-corrected chi connectivity index (χ3v) is 2.00. The molecule has 0 fully saturated rings. The zero-order chi connectivity index (χ0) is 11.4. The quantitative estimate of drug-likeness (QED) is 0.733. The van der Waals surface area contributed by atoms with E-state index >= 15 is 0 Å². The molecule has 0 aromatic heterocycles. The fourth-order valence-corrected chi connectivity index (χ4v) is 1.32. The second kappa shape index (κ2) is 4.79. The standard InChI is InChI=1S/C11H14O4/c1-7(12)5-8-3-4-10(13)9(6-8)11(14)15-2/h3-4,6-7,12-13H,5H2,1-2H3/t7-/m1/s1. The molecule has 1 rings (SSSR count). The first-order valence-electron chi connectivity index (χ1n) is 4.63. The highest BCUT2D eigenvalue weighted by molar-refractivity contribution is 5.92. The van der Waals surface area contributed by atoms with Crippen molar-refractivity contribution in [3.05, 3.63) is 29.3 Å². The second-order valence-corrected chi connectivity index (χ2v) is 3.40. The van der Waals surface area contributed by atoms with Gasteiger partial charge >= 0.3 is 5.97 Å². The summed E-state index contributed by atoms with van der Waals surface area (Å²) in [6.07, 6.45) is -0.0513. The van der Waals surface area contributed by atoms with Crippen molar-refractivity contribution >= 4 is 5.97 Å².